The topological polar surface area (TPSA) is 89.7 Å². The lowest BCUT2D eigenvalue weighted by Crippen LogP contribution is -2.10. The quantitative estimate of drug-likeness (QED) is 0.369. The highest BCUT2D eigenvalue weighted by Crippen LogP contribution is 2.32. The standard InChI is InChI=1S/C22H22ClN5O2S/c1-22(2,3)14-7-5-13(6-8-14)20-27-25-18(30-20)12-31-21-24-19(26-28-21)16-11-15(23)9-10-17(16)29-4/h5-11H,12H2,1-4H3,(H,24,26,28). The van der Waals surface area contributed by atoms with E-state index in [0.717, 1.165) is 11.1 Å². The van der Waals surface area contributed by atoms with Crippen LogP contribution in [-0.2, 0) is 11.2 Å². The summed E-state index contributed by atoms with van der Waals surface area (Å²) in [6, 6.07) is 13.5. The van der Waals surface area contributed by atoms with Gasteiger partial charge in [0.05, 0.1) is 18.4 Å². The zero-order valence-electron chi connectivity index (χ0n) is 17.6. The number of hydrogen-bond donors (Lipinski definition) is 1. The van der Waals surface area contributed by atoms with E-state index >= 15 is 0 Å². The van der Waals surface area contributed by atoms with Crippen molar-refractivity contribution in [2.75, 3.05) is 7.11 Å². The Hall–Kier alpha value is -2.84. The molecule has 0 aliphatic heterocycles. The number of rotatable bonds is 6. The fourth-order valence-electron chi connectivity index (χ4n) is 2.96. The lowest BCUT2D eigenvalue weighted by Gasteiger charge is -2.18. The van der Waals surface area contributed by atoms with Crippen LogP contribution in [0.15, 0.2) is 52.0 Å². The summed E-state index contributed by atoms with van der Waals surface area (Å²) < 4.78 is 11.2. The number of H-pyrrole nitrogens is 1. The molecular weight excluding hydrogens is 434 g/mol. The van der Waals surface area contributed by atoms with E-state index < -0.39 is 0 Å². The van der Waals surface area contributed by atoms with Gasteiger partial charge in [-0.25, -0.2) is 4.98 Å². The summed E-state index contributed by atoms with van der Waals surface area (Å²) in [5.41, 5.74) is 2.99. The van der Waals surface area contributed by atoms with Gasteiger partial charge in [-0.3, -0.25) is 5.10 Å². The molecule has 0 atom stereocenters. The van der Waals surface area contributed by atoms with Crippen molar-refractivity contribution in [3.8, 4) is 28.6 Å². The summed E-state index contributed by atoms with van der Waals surface area (Å²) in [6.45, 7) is 6.54. The van der Waals surface area contributed by atoms with E-state index in [1.54, 1.807) is 25.3 Å². The number of ether oxygens (including phenoxy) is 1. The summed E-state index contributed by atoms with van der Waals surface area (Å²) >= 11 is 7.50. The van der Waals surface area contributed by atoms with Gasteiger partial charge in [0.25, 0.3) is 0 Å². The number of aromatic nitrogens is 5. The first-order chi connectivity index (χ1) is 14.8. The Labute approximate surface area is 189 Å². The number of nitrogens with one attached hydrogen (secondary N) is 1. The van der Waals surface area contributed by atoms with E-state index in [4.69, 9.17) is 20.8 Å². The minimum absolute atomic E-state index is 0.0969. The van der Waals surface area contributed by atoms with E-state index in [1.807, 2.05) is 12.1 Å². The van der Waals surface area contributed by atoms with Gasteiger partial charge in [0, 0.05) is 10.6 Å². The Morgan fingerprint density at radius 2 is 1.87 bits per heavy atom. The first-order valence-corrected chi connectivity index (χ1v) is 11.0. The van der Waals surface area contributed by atoms with E-state index in [2.05, 4.69) is 58.3 Å². The van der Waals surface area contributed by atoms with Crippen LogP contribution in [0.4, 0.5) is 0 Å². The van der Waals surface area contributed by atoms with Crippen LogP contribution in [0.25, 0.3) is 22.8 Å². The number of thioether (sulfide) groups is 1. The van der Waals surface area contributed by atoms with Crippen molar-refractivity contribution in [1.82, 2.24) is 25.4 Å². The molecule has 4 aromatic rings. The highest BCUT2D eigenvalue weighted by atomic mass is 35.5. The molecule has 0 bridgehead atoms. The number of halogens is 1. The molecule has 2 aromatic carbocycles. The summed E-state index contributed by atoms with van der Waals surface area (Å²) in [7, 11) is 1.60. The Balaban J connectivity index is 1.43. The average molecular weight is 456 g/mol. The van der Waals surface area contributed by atoms with Gasteiger partial charge in [-0.1, -0.05) is 56.3 Å². The first kappa shape index (κ1) is 21.4. The van der Waals surface area contributed by atoms with E-state index in [-0.39, 0.29) is 5.41 Å². The Bertz CT molecular complexity index is 1180. The van der Waals surface area contributed by atoms with E-state index in [9.17, 15) is 0 Å². The minimum Gasteiger partial charge on any atom is -0.496 e. The highest BCUT2D eigenvalue weighted by molar-refractivity contribution is 7.98. The second kappa shape index (κ2) is 8.72. The highest BCUT2D eigenvalue weighted by Gasteiger charge is 2.16. The van der Waals surface area contributed by atoms with Gasteiger partial charge in [-0.2, -0.15) is 0 Å². The van der Waals surface area contributed by atoms with Crippen molar-refractivity contribution in [3.05, 3.63) is 58.9 Å². The Kier molecular flexibility index (Phi) is 6.02. The fourth-order valence-corrected chi connectivity index (χ4v) is 3.77. The second-order valence-corrected chi connectivity index (χ2v) is 9.31. The number of benzene rings is 2. The van der Waals surface area contributed by atoms with Gasteiger partial charge in [-0.15, -0.1) is 15.3 Å². The molecular formula is C22H22ClN5O2S. The lowest BCUT2D eigenvalue weighted by molar-refractivity contribution is 0.416. The molecule has 0 aliphatic carbocycles. The minimum atomic E-state index is 0.0969. The van der Waals surface area contributed by atoms with Crippen LogP contribution in [0.1, 0.15) is 32.2 Å². The number of methoxy groups -OCH3 is 1. The van der Waals surface area contributed by atoms with Gasteiger partial charge in [0.1, 0.15) is 5.75 Å². The van der Waals surface area contributed by atoms with Gasteiger partial charge in [0.15, 0.2) is 5.82 Å². The molecule has 31 heavy (non-hydrogen) atoms. The summed E-state index contributed by atoms with van der Waals surface area (Å²) in [5.74, 6) is 2.70. The normalized spacial score (nSPS) is 11.6. The molecule has 9 heteroatoms. The molecule has 0 saturated carbocycles. The van der Waals surface area contributed by atoms with Crippen molar-refractivity contribution in [2.24, 2.45) is 0 Å². The predicted molar refractivity (Wildman–Crippen MR) is 121 cm³/mol. The van der Waals surface area contributed by atoms with Crippen molar-refractivity contribution in [3.63, 3.8) is 0 Å². The van der Waals surface area contributed by atoms with Crippen molar-refractivity contribution in [2.45, 2.75) is 37.1 Å². The third-order valence-electron chi connectivity index (χ3n) is 4.67. The zero-order chi connectivity index (χ0) is 22.0. The van der Waals surface area contributed by atoms with Crippen molar-refractivity contribution >= 4 is 23.4 Å². The number of nitrogens with zero attached hydrogens (tertiary/aromatic N) is 4. The maximum Gasteiger partial charge on any atom is 0.247 e. The van der Waals surface area contributed by atoms with Crippen LogP contribution in [-0.4, -0.2) is 32.5 Å². The SMILES string of the molecule is COc1ccc(Cl)cc1-c1nc(SCc2nnc(-c3ccc(C(C)(C)C)cc3)o2)n[nH]1. The third-order valence-corrected chi connectivity index (χ3v) is 5.74. The maximum atomic E-state index is 6.10. The molecule has 0 unspecified atom stereocenters. The Morgan fingerprint density at radius 3 is 2.58 bits per heavy atom. The average Bonchev–Trinajstić information content (AvgIpc) is 3.41. The zero-order valence-corrected chi connectivity index (χ0v) is 19.2. The smallest absolute Gasteiger partial charge is 0.247 e. The number of aromatic amines is 1. The van der Waals surface area contributed by atoms with Gasteiger partial charge < -0.3 is 9.15 Å². The van der Waals surface area contributed by atoms with Crippen LogP contribution in [0.2, 0.25) is 5.02 Å². The van der Waals surface area contributed by atoms with E-state index in [0.29, 0.717) is 39.3 Å². The van der Waals surface area contributed by atoms with Gasteiger partial charge in [-0.05, 0) is 41.3 Å². The van der Waals surface area contributed by atoms with Crippen molar-refractivity contribution in [1.29, 1.82) is 0 Å². The van der Waals surface area contributed by atoms with Crippen LogP contribution in [0.3, 0.4) is 0 Å². The van der Waals surface area contributed by atoms with Crippen LogP contribution < -0.4 is 4.74 Å². The Morgan fingerprint density at radius 1 is 1.10 bits per heavy atom. The van der Waals surface area contributed by atoms with Gasteiger partial charge >= 0.3 is 0 Å². The molecule has 0 saturated heterocycles. The first-order valence-electron chi connectivity index (χ1n) is 9.66. The fraction of sp³-hybridized carbons (Fsp3) is 0.273. The predicted octanol–water partition coefficient (Wildman–Crippen LogP) is 5.77. The molecule has 0 fully saturated rings. The summed E-state index contributed by atoms with van der Waals surface area (Å²) in [4.78, 5) is 4.51. The molecule has 160 valence electrons. The van der Waals surface area contributed by atoms with Crippen LogP contribution in [0, 0.1) is 0 Å². The maximum absolute atomic E-state index is 6.10. The monoisotopic (exact) mass is 455 g/mol. The molecule has 0 amide bonds. The van der Waals surface area contributed by atoms with Crippen LogP contribution in [0.5, 0.6) is 5.75 Å². The second-order valence-electron chi connectivity index (χ2n) is 7.93. The molecule has 7 nitrogen and oxygen atoms in total. The third kappa shape index (κ3) is 4.91. The molecule has 2 aromatic heterocycles. The molecule has 4 rings (SSSR count). The molecule has 0 radical (unpaired) electrons. The molecule has 2 heterocycles. The lowest BCUT2D eigenvalue weighted by atomic mass is 9.87. The van der Waals surface area contributed by atoms with E-state index in [1.165, 1.54) is 17.3 Å². The van der Waals surface area contributed by atoms with Crippen molar-refractivity contribution < 1.29 is 9.15 Å². The summed E-state index contributed by atoms with van der Waals surface area (Å²) in [6.07, 6.45) is 0. The van der Waals surface area contributed by atoms with Gasteiger partial charge in [0.2, 0.25) is 16.9 Å². The molecule has 0 aliphatic rings. The molecule has 1 N–H and O–H groups in total. The molecule has 0 spiro atoms. The number of hydrogen-bond acceptors (Lipinski definition) is 7. The largest absolute Gasteiger partial charge is 0.496 e. The van der Waals surface area contributed by atoms with Crippen LogP contribution >= 0.6 is 23.4 Å². The summed E-state index contributed by atoms with van der Waals surface area (Å²) in [5, 5.41) is 16.6.